The van der Waals surface area contributed by atoms with Crippen molar-refractivity contribution in [2.45, 2.75) is 6.92 Å². The minimum absolute atomic E-state index is 0.0280. The number of carbonyl (C=O) groups excluding carboxylic acids is 1. The van der Waals surface area contributed by atoms with Gasteiger partial charge in [0.15, 0.2) is 0 Å². The highest BCUT2D eigenvalue weighted by Crippen LogP contribution is 2.17. The second-order valence-electron chi connectivity index (χ2n) is 5.45. The fourth-order valence-electron chi connectivity index (χ4n) is 2.21. The normalized spacial score (nSPS) is 11.2. The molecule has 3 nitrogen and oxygen atoms in total. The SMILES string of the molecule is C=C(N=C(c1ccc(F)cc1)N(C)CC(C)=O)c1ccc(F)cc1. The smallest absolute Gasteiger partial charge is 0.149 e. The van der Waals surface area contributed by atoms with Crippen LogP contribution in [0.15, 0.2) is 60.1 Å². The highest BCUT2D eigenvalue weighted by molar-refractivity contribution is 6.02. The van der Waals surface area contributed by atoms with Crippen LogP contribution in [0.25, 0.3) is 5.70 Å². The van der Waals surface area contributed by atoms with Gasteiger partial charge in [0, 0.05) is 12.6 Å². The predicted octanol–water partition coefficient (Wildman–Crippen LogP) is 3.90. The Balaban J connectivity index is 2.40. The van der Waals surface area contributed by atoms with Gasteiger partial charge < -0.3 is 4.90 Å². The summed E-state index contributed by atoms with van der Waals surface area (Å²) in [5.74, 6) is -0.244. The number of carbonyl (C=O) groups is 1. The predicted molar refractivity (Wildman–Crippen MR) is 91.7 cm³/mol. The standard InChI is InChI=1S/C19H18F2N2O/c1-13(24)12-23(3)19(16-6-10-18(21)11-7-16)22-14(2)15-4-8-17(20)9-5-15/h4-11H,2,12H2,1,3H3. The molecular formula is C19H18F2N2O. The van der Waals surface area contributed by atoms with Gasteiger partial charge >= 0.3 is 0 Å². The number of amidine groups is 1. The van der Waals surface area contributed by atoms with Crippen molar-refractivity contribution < 1.29 is 13.6 Å². The first-order valence-electron chi connectivity index (χ1n) is 7.37. The summed E-state index contributed by atoms with van der Waals surface area (Å²) >= 11 is 0. The van der Waals surface area contributed by atoms with Crippen LogP contribution >= 0.6 is 0 Å². The van der Waals surface area contributed by atoms with Crippen LogP contribution in [0.5, 0.6) is 0 Å². The van der Waals surface area contributed by atoms with Crippen molar-refractivity contribution >= 4 is 17.3 Å². The topological polar surface area (TPSA) is 32.7 Å². The second kappa shape index (κ2) is 7.64. The Kier molecular flexibility index (Phi) is 5.58. The Bertz CT molecular complexity index is 765. The third kappa shape index (κ3) is 4.59. The summed E-state index contributed by atoms with van der Waals surface area (Å²) in [6.45, 7) is 5.54. The molecule has 0 atom stereocenters. The zero-order valence-electron chi connectivity index (χ0n) is 13.6. The minimum atomic E-state index is -0.357. The number of likely N-dealkylation sites (N-methyl/N-ethyl adjacent to an activating group) is 1. The zero-order valence-corrected chi connectivity index (χ0v) is 13.6. The fraction of sp³-hybridized carbons (Fsp3) is 0.158. The van der Waals surface area contributed by atoms with Gasteiger partial charge in [-0.25, -0.2) is 13.8 Å². The van der Waals surface area contributed by atoms with Gasteiger partial charge in [-0.05, 0) is 61.0 Å². The van der Waals surface area contributed by atoms with Crippen molar-refractivity contribution in [3.63, 3.8) is 0 Å². The molecule has 0 fully saturated rings. The Morgan fingerprint density at radius 3 is 1.92 bits per heavy atom. The molecule has 0 N–H and O–H groups in total. The molecule has 0 aliphatic heterocycles. The van der Waals surface area contributed by atoms with Crippen LogP contribution in [-0.4, -0.2) is 30.1 Å². The number of hydrogen-bond donors (Lipinski definition) is 0. The molecule has 0 heterocycles. The summed E-state index contributed by atoms with van der Waals surface area (Å²) in [6.07, 6.45) is 0. The number of Topliss-reactive ketones (excluding diaryl/α,β-unsaturated/α-hetero) is 1. The lowest BCUT2D eigenvalue weighted by Gasteiger charge is -2.21. The van der Waals surface area contributed by atoms with Gasteiger partial charge in [0.05, 0.1) is 12.2 Å². The zero-order chi connectivity index (χ0) is 17.7. The van der Waals surface area contributed by atoms with E-state index < -0.39 is 0 Å². The minimum Gasteiger partial charge on any atom is -0.352 e. The largest absolute Gasteiger partial charge is 0.352 e. The third-order valence-corrected chi connectivity index (χ3v) is 3.34. The maximum atomic E-state index is 13.2. The lowest BCUT2D eigenvalue weighted by molar-refractivity contribution is -0.117. The summed E-state index contributed by atoms with van der Waals surface area (Å²) in [4.78, 5) is 17.6. The van der Waals surface area contributed by atoms with Crippen LogP contribution in [0.1, 0.15) is 18.1 Å². The fourth-order valence-corrected chi connectivity index (χ4v) is 2.21. The van der Waals surface area contributed by atoms with E-state index in [1.54, 1.807) is 36.2 Å². The first-order chi connectivity index (χ1) is 11.4. The molecular weight excluding hydrogens is 310 g/mol. The molecule has 0 unspecified atom stereocenters. The lowest BCUT2D eigenvalue weighted by atomic mass is 10.1. The molecule has 24 heavy (non-hydrogen) atoms. The van der Waals surface area contributed by atoms with Gasteiger partial charge in [0.25, 0.3) is 0 Å². The van der Waals surface area contributed by atoms with Crippen LogP contribution < -0.4 is 0 Å². The van der Waals surface area contributed by atoms with Gasteiger partial charge in [-0.3, -0.25) is 4.79 Å². The summed E-state index contributed by atoms with van der Waals surface area (Å²) in [6, 6.07) is 11.6. The van der Waals surface area contributed by atoms with E-state index in [2.05, 4.69) is 11.6 Å². The summed E-state index contributed by atoms with van der Waals surface area (Å²) < 4.78 is 26.2. The Morgan fingerprint density at radius 2 is 1.46 bits per heavy atom. The highest BCUT2D eigenvalue weighted by Gasteiger charge is 2.13. The summed E-state index contributed by atoms with van der Waals surface area (Å²) in [7, 11) is 1.72. The average molecular weight is 328 g/mol. The van der Waals surface area contributed by atoms with Crippen molar-refractivity contribution in [1.82, 2.24) is 4.90 Å². The molecule has 2 aromatic rings. The molecule has 0 aromatic heterocycles. The van der Waals surface area contributed by atoms with Crippen LogP contribution in [0.4, 0.5) is 8.78 Å². The van der Waals surface area contributed by atoms with Crippen molar-refractivity contribution in [3.05, 3.63) is 77.9 Å². The number of rotatable bonds is 5. The molecule has 2 rings (SSSR count). The number of aliphatic imine (C=N–C) groups is 1. The molecule has 0 bridgehead atoms. The lowest BCUT2D eigenvalue weighted by Crippen LogP contribution is -2.32. The molecule has 0 saturated carbocycles. The van der Waals surface area contributed by atoms with Crippen LogP contribution in [-0.2, 0) is 4.79 Å². The van der Waals surface area contributed by atoms with E-state index >= 15 is 0 Å². The maximum absolute atomic E-state index is 13.2. The molecule has 0 aliphatic rings. The quantitative estimate of drug-likeness (QED) is 0.616. The molecule has 5 heteroatoms. The van der Waals surface area contributed by atoms with E-state index in [9.17, 15) is 13.6 Å². The second-order valence-corrected chi connectivity index (χ2v) is 5.45. The number of nitrogens with zero attached hydrogens (tertiary/aromatic N) is 2. The Labute approximate surface area is 140 Å². The molecule has 2 aromatic carbocycles. The van der Waals surface area contributed by atoms with E-state index in [4.69, 9.17) is 0 Å². The van der Waals surface area contributed by atoms with Crippen LogP contribution in [0, 0.1) is 11.6 Å². The van der Waals surface area contributed by atoms with E-state index in [0.717, 1.165) is 0 Å². The first kappa shape index (κ1) is 17.5. The number of ketones is 1. The van der Waals surface area contributed by atoms with Gasteiger partial charge in [0.1, 0.15) is 23.3 Å². The monoisotopic (exact) mass is 328 g/mol. The molecule has 0 amide bonds. The maximum Gasteiger partial charge on any atom is 0.149 e. The van der Waals surface area contributed by atoms with E-state index in [1.807, 2.05) is 0 Å². The molecule has 0 saturated heterocycles. The van der Waals surface area contributed by atoms with Crippen LogP contribution in [0.3, 0.4) is 0 Å². The van der Waals surface area contributed by atoms with Crippen molar-refractivity contribution in [1.29, 1.82) is 0 Å². The first-order valence-corrected chi connectivity index (χ1v) is 7.37. The highest BCUT2D eigenvalue weighted by atomic mass is 19.1. The number of benzene rings is 2. The van der Waals surface area contributed by atoms with E-state index in [-0.39, 0.29) is 24.0 Å². The van der Waals surface area contributed by atoms with Gasteiger partial charge in [-0.1, -0.05) is 6.58 Å². The van der Waals surface area contributed by atoms with Crippen LogP contribution in [0.2, 0.25) is 0 Å². The van der Waals surface area contributed by atoms with Gasteiger partial charge in [0.2, 0.25) is 0 Å². The third-order valence-electron chi connectivity index (χ3n) is 3.34. The number of halogens is 2. The molecule has 0 radical (unpaired) electrons. The van der Waals surface area contributed by atoms with Crippen molar-refractivity contribution in [3.8, 4) is 0 Å². The Hall–Kier alpha value is -2.82. The Morgan fingerprint density at radius 1 is 1.00 bits per heavy atom. The van der Waals surface area contributed by atoms with Gasteiger partial charge in [-0.2, -0.15) is 0 Å². The van der Waals surface area contributed by atoms with Crippen molar-refractivity contribution in [2.75, 3.05) is 13.6 Å². The van der Waals surface area contributed by atoms with E-state index in [0.29, 0.717) is 22.7 Å². The number of hydrogen-bond acceptors (Lipinski definition) is 2. The average Bonchev–Trinajstić information content (AvgIpc) is 2.53. The molecule has 0 aliphatic carbocycles. The molecule has 124 valence electrons. The van der Waals surface area contributed by atoms with Gasteiger partial charge in [-0.15, -0.1) is 0 Å². The van der Waals surface area contributed by atoms with E-state index in [1.165, 1.54) is 31.2 Å². The molecule has 0 spiro atoms. The summed E-state index contributed by atoms with van der Waals surface area (Å²) in [5, 5.41) is 0. The van der Waals surface area contributed by atoms with Crippen molar-refractivity contribution in [2.24, 2.45) is 4.99 Å². The summed E-state index contributed by atoms with van der Waals surface area (Å²) in [5.41, 5.74) is 1.74.